The Morgan fingerprint density at radius 1 is 0.725 bits per heavy atom. The summed E-state index contributed by atoms with van der Waals surface area (Å²) < 4.78 is 11.8. The number of thiocarbonyl (C=S) groups is 1. The van der Waals surface area contributed by atoms with Crippen LogP contribution in [0.3, 0.4) is 0 Å². The maximum Gasteiger partial charge on any atom is 0.250 e. The number of amides is 1. The highest BCUT2D eigenvalue weighted by molar-refractivity contribution is 7.80. The molecule has 0 bridgehead atoms. The molecule has 0 aliphatic heterocycles. The first kappa shape index (κ1) is 25.0. The third-order valence-corrected chi connectivity index (χ3v) is 6.41. The summed E-state index contributed by atoms with van der Waals surface area (Å²) >= 11 is 5.32. The van der Waals surface area contributed by atoms with Gasteiger partial charge in [-0.05, 0) is 71.9 Å². The van der Waals surface area contributed by atoms with E-state index in [1.165, 1.54) is 6.08 Å². The third kappa shape index (κ3) is 5.75. The first-order valence-electron chi connectivity index (χ1n) is 12.6. The summed E-state index contributed by atoms with van der Waals surface area (Å²) in [5, 5.41) is 5.83. The Labute approximate surface area is 236 Å². The van der Waals surface area contributed by atoms with Gasteiger partial charge in [0.2, 0.25) is 11.8 Å². The molecule has 0 unspecified atom stereocenters. The lowest BCUT2D eigenvalue weighted by atomic mass is 10.0. The summed E-state index contributed by atoms with van der Waals surface area (Å²) in [5.74, 6) is 1.45. The number of carbonyl (C=O) groups is 1. The number of nitrogens with one attached hydrogen (secondary N) is 2. The van der Waals surface area contributed by atoms with Crippen molar-refractivity contribution in [2.75, 3.05) is 5.32 Å². The quantitative estimate of drug-likeness (QED) is 0.165. The summed E-state index contributed by atoms with van der Waals surface area (Å²) in [6.07, 6.45) is 2.97. The van der Waals surface area contributed by atoms with E-state index in [0.717, 1.165) is 28.0 Å². The van der Waals surface area contributed by atoms with E-state index in [0.29, 0.717) is 28.4 Å². The predicted octanol–water partition coefficient (Wildman–Crippen LogP) is 7.95. The molecule has 0 saturated heterocycles. The van der Waals surface area contributed by atoms with Gasteiger partial charge in [-0.1, -0.05) is 72.8 Å². The number of anilines is 1. The van der Waals surface area contributed by atoms with Gasteiger partial charge in [0, 0.05) is 22.9 Å². The molecule has 2 aromatic heterocycles. The fourth-order valence-corrected chi connectivity index (χ4v) is 4.46. The second kappa shape index (κ2) is 11.2. The lowest BCUT2D eigenvalue weighted by Crippen LogP contribution is -2.32. The third-order valence-electron chi connectivity index (χ3n) is 6.21. The van der Waals surface area contributed by atoms with Gasteiger partial charge in [-0.3, -0.25) is 10.1 Å². The molecule has 40 heavy (non-hydrogen) atoms. The maximum atomic E-state index is 12.4. The van der Waals surface area contributed by atoms with Gasteiger partial charge in [0.1, 0.15) is 17.0 Å². The molecule has 6 rings (SSSR count). The summed E-state index contributed by atoms with van der Waals surface area (Å²) in [7, 11) is 0. The first-order valence-corrected chi connectivity index (χ1v) is 13.0. The number of oxazole rings is 1. The number of aromatic nitrogens is 1. The minimum absolute atomic E-state index is 0.165. The SMILES string of the molecule is O=C(/C=C/c1ccc(-c2ccccc2)o1)NC(=S)Nc1ccc2oc(-c3ccc(-c4ccccc4)cc3)nc2c1. The van der Waals surface area contributed by atoms with Gasteiger partial charge in [0.15, 0.2) is 10.7 Å². The Morgan fingerprint density at radius 3 is 2.15 bits per heavy atom. The second-order valence-corrected chi connectivity index (χ2v) is 9.40. The van der Waals surface area contributed by atoms with Gasteiger partial charge >= 0.3 is 0 Å². The zero-order chi connectivity index (χ0) is 27.3. The molecule has 6 nitrogen and oxygen atoms in total. The van der Waals surface area contributed by atoms with Crippen LogP contribution < -0.4 is 10.6 Å². The number of hydrogen-bond donors (Lipinski definition) is 2. The monoisotopic (exact) mass is 541 g/mol. The number of carbonyl (C=O) groups excluding carboxylic acids is 1. The van der Waals surface area contributed by atoms with Gasteiger partial charge in [-0.15, -0.1) is 0 Å². The Morgan fingerprint density at radius 2 is 1.40 bits per heavy atom. The molecule has 1 amide bonds. The molecule has 0 saturated carbocycles. The average molecular weight is 542 g/mol. The van der Waals surface area contributed by atoms with Crippen LogP contribution in [-0.2, 0) is 4.79 Å². The molecular formula is C33H23N3O3S. The molecule has 0 spiro atoms. The van der Waals surface area contributed by atoms with E-state index in [2.05, 4.69) is 39.9 Å². The van der Waals surface area contributed by atoms with Gasteiger partial charge in [0.25, 0.3) is 0 Å². The van der Waals surface area contributed by atoms with Crippen molar-refractivity contribution in [3.63, 3.8) is 0 Å². The largest absolute Gasteiger partial charge is 0.457 e. The molecule has 6 aromatic rings. The molecule has 7 heteroatoms. The molecule has 2 heterocycles. The molecule has 0 aliphatic rings. The van der Waals surface area contributed by atoms with Crippen LogP contribution in [0.25, 0.3) is 51.1 Å². The van der Waals surface area contributed by atoms with Gasteiger partial charge in [-0.25, -0.2) is 4.98 Å². The number of nitrogens with zero attached hydrogens (tertiary/aromatic N) is 1. The van der Waals surface area contributed by atoms with Crippen LogP contribution in [0.15, 0.2) is 130 Å². The normalized spacial score (nSPS) is 11.1. The Bertz CT molecular complexity index is 1820. The lowest BCUT2D eigenvalue weighted by molar-refractivity contribution is -0.115. The fraction of sp³-hybridized carbons (Fsp3) is 0. The maximum absolute atomic E-state index is 12.4. The zero-order valence-electron chi connectivity index (χ0n) is 21.2. The Kier molecular flexibility index (Phi) is 7.03. The van der Waals surface area contributed by atoms with E-state index in [-0.39, 0.29) is 11.0 Å². The molecule has 0 fully saturated rings. The van der Waals surface area contributed by atoms with Crippen LogP contribution in [0.1, 0.15) is 5.76 Å². The highest BCUT2D eigenvalue weighted by atomic mass is 32.1. The van der Waals surface area contributed by atoms with Gasteiger partial charge in [-0.2, -0.15) is 0 Å². The number of fused-ring (bicyclic) bond motifs is 1. The topological polar surface area (TPSA) is 80.3 Å². The predicted molar refractivity (Wildman–Crippen MR) is 162 cm³/mol. The minimum atomic E-state index is -0.376. The van der Waals surface area contributed by atoms with Crippen LogP contribution in [0.5, 0.6) is 0 Å². The number of furan rings is 1. The van der Waals surface area contributed by atoms with Crippen LogP contribution in [-0.4, -0.2) is 16.0 Å². The number of benzene rings is 4. The van der Waals surface area contributed by atoms with E-state index in [4.69, 9.17) is 21.1 Å². The van der Waals surface area contributed by atoms with Crippen molar-refractivity contribution in [3.8, 4) is 33.9 Å². The Balaban J connectivity index is 1.08. The van der Waals surface area contributed by atoms with E-state index in [1.54, 1.807) is 6.08 Å². The Hall–Kier alpha value is -5.27. The van der Waals surface area contributed by atoms with Crippen LogP contribution in [0.4, 0.5) is 5.69 Å². The van der Waals surface area contributed by atoms with Crippen molar-refractivity contribution < 1.29 is 13.6 Å². The van der Waals surface area contributed by atoms with Crippen molar-refractivity contribution >= 4 is 46.1 Å². The molecule has 2 N–H and O–H groups in total. The van der Waals surface area contributed by atoms with Crippen LogP contribution in [0, 0.1) is 0 Å². The van der Waals surface area contributed by atoms with Crippen molar-refractivity contribution in [2.24, 2.45) is 0 Å². The van der Waals surface area contributed by atoms with Crippen LogP contribution in [0.2, 0.25) is 0 Å². The first-order chi connectivity index (χ1) is 19.6. The van der Waals surface area contributed by atoms with Gasteiger partial charge < -0.3 is 14.2 Å². The average Bonchev–Trinajstić information content (AvgIpc) is 3.64. The summed E-state index contributed by atoms with van der Waals surface area (Å²) in [6.45, 7) is 0. The van der Waals surface area contributed by atoms with Crippen molar-refractivity contribution in [2.45, 2.75) is 0 Å². The van der Waals surface area contributed by atoms with Crippen molar-refractivity contribution in [1.82, 2.24) is 10.3 Å². The van der Waals surface area contributed by atoms with E-state index in [1.807, 2.05) is 91.0 Å². The molecule has 0 aliphatic carbocycles. The van der Waals surface area contributed by atoms with Crippen molar-refractivity contribution in [3.05, 3.63) is 127 Å². The van der Waals surface area contributed by atoms with Gasteiger partial charge in [0.05, 0.1) is 0 Å². The molecule has 0 radical (unpaired) electrons. The van der Waals surface area contributed by atoms with E-state index >= 15 is 0 Å². The minimum Gasteiger partial charge on any atom is -0.457 e. The highest BCUT2D eigenvalue weighted by Crippen LogP contribution is 2.28. The lowest BCUT2D eigenvalue weighted by Gasteiger charge is -2.07. The fourth-order valence-electron chi connectivity index (χ4n) is 4.24. The van der Waals surface area contributed by atoms with Crippen molar-refractivity contribution in [1.29, 1.82) is 0 Å². The molecule has 0 atom stereocenters. The highest BCUT2D eigenvalue weighted by Gasteiger charge is 2.11. The van der Waals surface area contributed by atoms with E-state index < -0.39 is 0 Å². The summed E-state index contributed by atoms with van der Waals surface area (Å²) in [6, 6.07) is 37.2. The summed E-state index contributed by atoms with van der Waals surface area (Å²) in [5.41, 5.74) is 6.13. The molecule has 4 aromatic carbocycles. The number of rotatable bonds is 6. The molecule has 194 valence electrons. The smallest absolute Gasteiger partial charge is 0.250 e. The summed E-state index contributed by atoms with van der Waals surface area (Å²) in [4.78, 5) is 17.0. The van der Waals surface area contributed by atoms with E-state index in [9.17, 15) is 4.79 Å². The second-order valence-electron chi connectivity index (χ2n) is 8.99. The standard InChI is InChI=1S/C33H23N3O3S/c37-31(20-17-27-16-19-29(38-27)24-9-5-2-6-10-24)36-33(40)34-26-15-18-30-28(21-26)35-32(39-30)25-13-11-23(12-14-25)22-7-3-1-4-8-22/h1-21H,(H2,34,36,37,40)/b20-17+. The van der Waals surface area contributed by atoms with Crippen LogP contribution >= 0.6 is 12.2 Å². The number of hydrogen-bond acceptors (Lipinski definition) is 5. The molecular weight excluding hydrogens is 518 g/mol. The zero-order valence-corrected chi connectivity index (χ0v) is 22.0.